The van der Waals surface area contributed by atoms with Crippen LogP contribution in [0, 0.1) is 0 Å². The van der Waals surface area contributed by atoms with E-state index in [1.54, 1.807) is 14.2 Å². The second-order valence-electron chi connectivity index (χ2n) is 8.43. The number of benzene rings is 3. The number of rotatable bonds is 8. The lowest BCUT2D eigenvalue weighted by molar-refractivity contribution is 0.0956. The van der Waals surface area contributed by atoms with Crippen LogP contribution in [0.3, 0.4) is 0 Å². The van der Waals surface area contributed by atoms with E-state index in [9.17, 15) is 4.79 Å². The van der Waals surface area contributed by atoms with Crippen LogP contribution in [-0.4, -0.2) is 41.2 Å². The Morgan fingerprint density at radius 1 is 0.861 bits per heavy atom. The van der Waals surface area contributed by atoms with Gasteiger partial charge in [0.2, 0.25) is 0 Å². The number of hydrogen-bond donors (Lipinski definition) is 2. The standard InChI is InChI=1S/C28H27N5O3/c1-35-20-11-7-18(8-12-20)15-16-30-28(34)24-25-27(32-23-6-4-3-5-22(23)31-25)33(26(24)29)17-19-9-13-21(36-2)14-10-19/h3-14H,15-17,29H2,1-2H3,(H,30,34). The smallest absolute Gasteiger partial charge is 0.257 e. The third-order valence-electron chi connectivity index (χ3n) is 6.18. The Labute approximate surface area is 208 Å². The molecule has 0 saturated carbocycles. The summed E-state index contributed by atoms with van der Waals surface area (Å²) in [7, 11) is 3.27. The highest BCUT2D eigenvalue weighted by atomic mass is 16.5. The van der Waals surface area contributed by atoms with Gasteiger partial charge in [-0.2, -0.15) is 0 Å². The number of carbonyl (C=O) groups excluding carboxylic acids is 1. The molecule has 8 heteroatoms. The molecule has 0 aliphatic carbocycles. The Kier molecular flexibility index (Phi) is 6.40. The Bertz CT molecular complexity index is 1530. The lowest BCUT2D eigenvalue weighted by Gasteiger charge is -2.09. The van der Waals surface area contributed by atoms with Gasteiger partial charge in [0.25, 0.3) is 5.91 Å². The van der Waals surface area contributed by atoms with Gasteiger partial charge in [-0.1, -0.05) is 36.4 Å². The second kappa shape index (κ2) is 9.95. The summed E-state index contributed by atoms with van der Waals surface area (Å²) in [4.78, 5) is 22.9. The fourth-order valence-corrected chi connectivity index (χ4v) is 4.22. The number of carbonyl (C=O) groups is 1. The number of nitrogen functional groups attached to an aromatic ring is 1. The molecule has 3 N–H and O–H groups in total. The lowest BCUT2D eigenvalue weighted by Crippen LogP contribution is -2.26. The number of nitrogens with one attached hydrogen (secondary N) is 1. The second-order valence-corrected chi connectivity index (χ2v) is 8.43. The number of aromatic nitrogens is 3. The number of nitrogens with two attached hydrogens (primary N) is 1. The molecule has 0 bridgehead atoms. The minimum absolute atomic E-state index is 0.274. The van der Waals surface area contributed by atoms with Crippen molar-refractivity contribution in [3.05, 3.63) is 89.5 Å². The minimum Gasteiger partial charge on any atom is -0.497 e. The van der Waals surface area contributed by atoms with Crippen LogP contribution < -0.4 is 20.5 Å². The largest absolute Gasteiger partial charge is 0.497 e. The van der Waals surface area contributed by atoms with Crippen LogP contribution in [0.1, 0.15) is 21.5 Å². The first kappa shape index (κ1) is 23.2. The first-order chi connectivity index (χ1) is 17.6. The Morgan fingerprint density at radius 2 is 1.44 bits per heavy atom. The summed E-state index contributed by atoms with van der Waals surface area (Å²) in [5.41, 5.74) is 11.5. The zero-order valence-electron chi connectivity index (χ0n) is 20.2. The average Bonchev–Trinajstić information content (AvgIpc) is 3.18. The van der Waals surface area contributed by atoms with Gasteiger partial charge < -0.3 is 25.1 Å². The molecule has 5 aromatic rings. The molecule has 0 aliphatic rings. The van der Waals surface area contributed by atoms with Crippen LogP contribution in [0.4, 0.5) is 5.82 Å². The van der Waals surface area contributed by atoms with Crippen LogP contribution in [0.5, 0.6) is 11.5 Å². The molecule has 2 aromatic heterocycles. The van der Waals surface area contributed by atoms with Gasteiger partial charge in [-0.25, -0.2) is 9.97 Å². The summed E-state index contributed by atoms with van der Waals surface area (Å²) in [5, 5.41) is 3.00. The number of nitrogens with zero attached hydrogens (tertiary/aromatic N) is 3. The van der Waals surface area contributed by atoms with Crippen LogP contribution in [0.15, 0.2) is 72.8 Å². The summed E-state index contributed by atoms with van der Waals surface area (Å²) in [6.07, 6.45) is 0.675. The topological polar surface area (TPSA) is 104 Å². The molecule has 1 amide bonds. The number of para-hydroxylation sites is 2. The molecule has 0 spiro atoms. The Hall–Kier alpha value is -4.59. The molecule has 2 heterocycles. The molecular weight excluding hydrogens is 454 g/mol. The maximum absolute atomic E-state index is 13.3. The van der Waals surface area contributed by atoms with E-state index in [-0.39, 0.29) is 5.91 Å². The zero-order chi connectivity index (χ0) is 25.1. The van der Waals surface area contributed by atoms with Crippen molar-refractivity contribution in [2.24, 2.45) is 0 Å². The first-order valence-corrected chi connectivity index (χ1v) is 11.7. The molecule has 0 aliphatic heterocycles. The molecule has 8 nitrogen and oxygen atoms in total. The molecule has 5 rings (SSSR count). The van der Waals surface area contributed by atoms with Crippen LogP contribution in [0.25, 0.3) is 22.2 Å². The van der Waals surface area contributed by atoms with E-state index in [0.717, 1.165) is 28.1 Å². The third-order valence-corrected chi connectivity index (χ3v) is 6.18. The van der Waals surface area contributed by atoms with Crippen molar-refractivity contribution in [3.8, 4) is 11.5 Å². The predicted octanol–water partition coefficient (Wildman–Crippen LogP) is 4.20. The van der Waals surface area contributed by atoms with Crippen molar-refractivity contribution >= 4 is 33.9 Å². The molecule has 0 atom stereocenters. The monoisotopic (exact) mass is 481 g/mol. The Balaban J connectivity index is 1.47. The van der Waals surface area contributed by atoms with Crippen molar-refractivity contribution in [1.29, 1.82) is 0 Å². The highest BCUT2D eigenvalue weighted by Crippen LogP contribution is 2.29. The predicted molar refractivity (Wildman–Crippen MR) is 141 cm³/mol. The normalized spacial score (nSPS) is 11.1. The van der Waals surface area contributed by atoms with E-state index in [0.29, 0.717) is 47.6 Å². The van der Waals surface area contributed by atoms with Crippen molar-refractivity contribution in [1.82, 2.24) is 19.9 Å². The lowest BCUT2D eigenvalue weighted by atomic mass is 10.1. The van der Waals surface area contributed by atoms with E-state index in [1.165, 1.54) is 0 Å². The molecule has 0 fully saturated rings. The molecular formula is C28H27N5O3. The molecule has 182 valence electrons. The number of fused-ring (bicyclic) bond motifs is 2. The number of anilines is 1. The van der Waals surface area contributed by atoms with Gasteiger partial charge >= 0.3 is 0 Å². The summed E-state index contributed by atoms with van der Waals surface area (Å²) in [6, 6.07) is 23.1. The first-order valence-electron chi connectivity index (χ1n) is 11.7. The van der Waals surface area contributed by atoms with E-state index in [2.05, 4.69) is 5.32 Å². The summed E-state index contributed by atoms with van der Waals surface area (Å²) < 4.78 is 12.3. The maximum Gasteiger partial charge on any atom is 0.257 e. The molecule has 36 heavy (non-hydrogen) atoms. The van der Waals surface area contributed by atoms with E-state index in [1.807, 2.05) is 77.4 Å². The van der Waals surface area contributed by atoms with E-state index in [4.69, 9.17) is 25.2 Å². The molecule has 0 saturated heterocycles. The highest BCUT2D eigenvalue weighted by Gasteiger charge is 2.24. The van der Waals surface area contributed by atoms with Gasteiger partial charge in [0.05, 0.1) is 31.8 Å². The number of amides is 1. The van der Waals surface area contributed by atoms with Gasteiger partial charge in [-0.05, 0) is 53.9 Å². The van der Waals surface area contributed by atoms with Crippen LogP contribution in [-0.2, 0) is 13.0 Å². The van der Waals surface area contributed by atoms with Crippen molar-refractivity contribution in [2.75, 3.05) is 26.5 Å². The highest BCUT2D eigenvalue weighted by molar-refractivity contribution is 6.10. The number of methoxy groups -OCH3 is 2. The van der Waals surface area contributed by atoms with Crippen LogP contribution >= 0.6 is 0 Å². The average molecular weight is 482 g/mol. The zero-order valence-corrected chi connectivity index (χ0v) is 20.2. The Morgan fingerprint density at radius 3 is 2.06 bits per heavy atom. The summed E-state index contributed by atoms with van der Waals surface area (Å²) in [5.74, 6) is 1.62. The molecule has 3 aromatic carbocycles. The SMILES string of the molecule is COc1ccc(CCNC(=O)c2c(N)n(Cc3ccc(OC)cc3)c3nc4ccccc4nc23)cc1. The van der Waals surface area contributed by atoms with Crippen LogP contribution in [0.2, 0.25) is 0 Å². The molecule has 0 radical (unpaired) electrons. The third kappa shape index (κ3) is 4.53. The van der Waals surface area contributed by atoms with Gasteiger partial charge in [0, 0.05) is 6.54 Å². The van der Waals surface area contributed by atoms with Crippen molar-refractivity contribution in [2.45, 2.75) is 13.0 Å². The van der Waals surface area contributed by atoms with E-state index >= 15 is 0 Å². The number of hydrogen-bond acceptors (Lipinski definition) is 6. The fraction of sp³-hybridized carbons (Fsp3) is 0.179. The van der Waals surface area contributed by atoms with Crippen molar-refractivity contribution < 1.29 is 14.3 Å². The van der Waals surface area contributed by atoms with Gasteiger partial charge in [0.1, 0.15) is 28.4 Å². The van der Waals surface area contributed by atoms with Gasteiger partial charge in [-0.3, -0.25) is 4.79 Å². The minimum atomic E-state index is -0.274. The summed E-state index contributed by atoms with van der Waals surface area (Å²) >= 11 is 0. The number of ether oxygens (including phenoxy) is 2. The van der Waals surface area contributed by atoms with Gasteiger partial charge in [0.15, 0.2) is 5.65 Å². The quantitative estimate of drug-likeness (QED) is 0.344. The fourth-order valence-electron chi connectivity index (χ4n) is 4.22. The molecule has 0 unspecified atom stereocenters. The maximum atomic E-state index is 13.3. The van der Waals surface area contributed by atoms with E-state index < -0.39 is 0 Å². The summed E-state index contributed by atoms with van der Waals surface area (Å²) in [6.45, 7) is 0.898. The van der Waals surface area contributed by atoms with Crippen molar-refractivity contribution in [3.63, 3.8) is 0 Å². The van der Waals surface area contributed by atoms with Gasteiger partial charge in [-0.15, -0.1) is 0 Å².